The fourth-order valence-corrected chi connectivity index (χ4v) is 5.34. The lowest BCUT2D eigenvalue weighted by atomic mass is 10.1. The van der Waals surface area contributed by atoms with Crippen molar-refractivity contribution < 1.29 is 18.0 Å². The van der Waals surface area contributed by atoms with Gasteiger partial charge in [0.15, 0.2) is 5.82 Å². The van der Waals surface area contributed by atoms with E-state index in [4.69, 9.17) is 5.73 Å². The van der Waals surface area contributed by atoms with Gasteiger partial charge in [-0.2, -0.15) is 13.2 Å². The minimum atomic E-state index is -4.58. The van der Waals surface area contributed by atoms with Crippen molar-refractivity contribution in [1.29, 1.82) is 0 Å². The van der Waals surface area contributed by atoms with E-state index in [-0.39, 0.29) is 5.56 Å². The number of halogens is 3. The molecule has 14 heteroatoms. The molecule has 3 aliphatic rings. The fraction of sp³-hybridized carbons (Fsp3) is 0.438. The summed E-state index contributed by atoms with van der Waals surface area (Å²) in [6.45, 7) is 8.98. The van der Waals surface area contributed by atoms with Crippen molar-refractivity contribution in [3.05, 3.63) is 76.5 Å². The summed E-state index contributed by atoms with van der Waals surface area (Å²) in [5.74, 6) is -0.188. The number of hydrogen-bond acceptors (Lipinski definition) is 10. The van der Waals surface area contributed by atoms with E-state index in [1.807, 2.05) is 31.0 Å². The van der Waals surface area contributed by atoms with Crippen LogP contribution < -0.4 is 21.3 Å². The second-order valence-corrected chi connectivity index (χ2v) is 11.9. The van der Waals surface area contributed by atoms with Crippen molar-refractivity contribution >= 4 is 29.3 Å². The molecule has 5 rings (SSSR count). The molecule has 1 aliphatic carbocycles. The molecule has 0 saturated carbocycles. The molecule has 2 aliphatic heterocycles. The van der Waals surface area contributed by atoms with Crippen LogP contribution in [0.3, 0.4) is 0 Å². The van der Waals surface area contributed by atoms with E-state index in [9.17, 15) is 18.0 Å². The summed E-state index contributed by atoms with van der Waals surface area (Å²) in [7, 11) is 4.08. The quantitative estimate of drug-likeness (QED) is 0.374. The summed E-state index contributed by atoms with van der Waals surface area (Å²) >= 11 is 0. The van der Waals surface area contributed by atoms with E-state index >= 15 is 0 Å². The van der Waals surface area contributed by atoms with Crippen LogP contribution in [-0.2, 0) is 6.18 Å². The molecule has 2 aromatic rings. The molecule has 0 bridgehead atoms. The number of nitrogen functional groups attached to an aromatic ring is 1. The number of carbonyl (C=O) groups excluding carboxylic acids is 1. The predicted molar refractivity (Wildman–Crippen MR) is 175 cm³/mol. The summed E-state index contributed by atoms with van der Waals surface area (Å²) in [6.07, 6.45) is 4.24. The van der Waals surface area contributed by atoms with Gasteiger partial charge in [-0.25, -0.2) is 9.97 Å². The molecule has 1 aromatic carbocycles. The Labute approximate surface area is 267 Å². The van der Waals surface area contributed by atoms with E-state index in [1.165, 1.54) is 12.4 Å². The third-order valence-electron chi connectivity index (χ3n) is 8.39. The van der Waals surface area contributed by atoms with Gasteiger partial charge in [0.05, 0.1) is 18.4 Å². The third kappa shape index (κ3) is 8.50. The normalized spacial score (nSPS) is 19.0. The summed E-state index contributed by atoms with van der Waals surface area (Å²) < 4.78 is 41.4. The fourth-order valence-electron chi connectivity index (χ4n) is 5.34. The number of piperazine rings is 2. The number of hydrogen-bond donors (Lipinski definition) is 3. The smallest absolute Gasteiger partial charge is 0.394 e. The number of alkyl halides is 3. The number of nitrogens with zero attached hydrogens (tertiary/aromatic N) is 7. The number of amides is 1. The Hall–Kier alpha value is -4.27. The molecular formula is C32H41F3N10O. The minimum absolute atomic E-state index is 0.0486. The maximum atomic E-state index is 13.8. The van der Waals surface area contributed by atoms with Gasteiger partial charge in [-0.3, -0.25) is 14.7 Å². The van der Waals surface area contributed by atoms with Crippen LogP contribution in [-0.4, -0.2) is 110 Å². The second-order valence-electron chi connectivity index (χ2n) is 11.9. The number of nitrogens with two attached hydrogens (primary N) is 1. The van der Waals surface area contributed by atoms with E-state index < -0.39 is 17.6 Å². The third-order valence-corrected chi connectivity index (χ3v) is 8.39. The molecule has 0 spiro atoms. The second kappa shape index (κ2) is 14.4. The Morgan fingerprint density at radius 1 is 1.00 bits per heavy atom. The highest BCUT2D eigenvalue weighted by Gasteiger charge is 2.33. The number of anilines is 3. The summed E-state index contributed by atoms with van der Waals surface area (Å²) in [5.41, 5.74) is 8.85. The first-order chi connectivity index (χ1) is 22.0. The van der Waals surface area contributed by atoms with Crippen molar-refractivity contribution in [2.24, 2.45) is 4.99 Å². The van der Waals surface area contributed by atoms with E-state index in [0.717, 1.165) is 62.7 Å². The van der Waals surface area contributed by atoms with Gasteiger partial charge in [-0.05, 0) is 50.9 Å². The van der Waals surface area contributed by atoms with Crippen LogP contribution in [0.15, 0.2) is 64.7 Å². The Morgan fingerprint density at radius 2 is 1.70 bits per heavy atom. The lowest BCUT2D eigenvalue weighted by Crippen LogP contribution is -2.44. The van der Waals surface area contributed by atoms with E-state index in [1.54, 1.807) is 12.3 Å². The molecule has 0 atom stereocenters. The Morgan fingerprint density at radius 3 is 2.39 bits per heavy atom. The van der Waals surface area contributed by atoms with Gasteiger partial charge in [0.2, 0.25) is 0 Å². The molecule has 246 valence electrons. The average Bonchev–Trinajstić information content (AvgIpc) is 3.20. The minimum Gasteiger partial charge on any atom is -0.394 e. The molecule has 1 aromatic heterocycles. The van der Waals surface area contributed by atoms with Gasteiger partial charge < -0.3 is 31.1 Å². The van der Waals surface area contributed by atoms with Crippen molar-refractivity contribution in [1.82, 2.24) is 30.0 Å². The first kappa shape index (κ1) is 33.1. The molecule has 3 heterocycles. The number of benzene rings is 1. The number of aliphatic imine (C=N–C) groups is 1. The molecule has 2 saturated heterocycles. The van der Waals surface area contributed by atoms with Crippen molar-refractivity contribution in [3.63, 3.8) is 0 Å². The Kier molecular flexibility index (Phi) is 10.4. The maximum absolute atomic E-state index is 13.8. The standard InChI is InChI=1S/C32H41F3N10O/c1-22-4-5-25(40-31(46)23-16-24(32(33,34)35)18-26(17-23)45-14-10-43(3)11-15-45)6-7-27(22)41-30-29(36)28(38-20-39-30)19-37-21-44-12-8-42(2)9-13-44/h4-5,7,16-20H,6,8-15,21,36H2,1-3H3,(H,40,46)(H,38,39,41). The van der Waals surface area contributed by atoms with Crippen molar-refractivity contribution in [3.8, 4) is 0 Å². The van der Waals surface area contributed by atoms with Crippen LogP contribution in [0, 0.1) is 0 Å². The van der Waals surface area contributed by atoms with Gasteiger partial charge in [0, 0.05) is 81.4 Å². The maximum Gasteiger partial charge on any atom is 0.416 e. The van der Waals surface area contributed by atoms with Crippen molar-refractivity contribution in [2.75, 3.05) is 89.1 Å². The molecule has 1 amide bonds. The lowest BCUT2D eigenvalue weighted by molar-refractivity contribution is -0.137. The number of nitrogens with one attached hydrogen (secondary N) is 2. The Balaban J connectivity index is 1.25. The van der Waals surface area contributed by atoms with Gasteiger partial charge in [-0.1, -0.05) is 12.2 Å². The summed E-state index contributed by atoms with van der Waals surface area (Å²) in [5, 5.41) is 6.07. The molecule has 0 unspecified atom stereocenters. The number of rotatable bonds is 8. The zero-order valence-corrected chi connectivity index (χ0v) is 26.4. The molecule has 0 radical (unpaired) electrons. The summed E-state index contributed by atoms with van der Waals surface area (Å²) in [4.78, 5) is 34.9. The largest absolute Gasteiger partial charge is 0.416 e. The average molecular weight is 639 g/mol. The zero-order valence-electron chi connectivity index (χ0n) is 26.4. The number of carbonyl (C=O) groups is 1. The monoisotopic (exact) mass is 638 g/mol. The topological polar surface area (TPSA) is 118 Å². The predicted octanol–water partition coefficient (Wildman–Crippen LogP) is 3.41. The SMILES string of the molecule is CC1=CC=C(NC(=O)c2cc(N3CCN(C)CC3)cc(C(F)(F)F)c2)CC=C1Nc1ncnc(C=NCN2CCN(C)CC2)c1N. The van der Waals surface area contributed by atoms with Crippen LogP contribution in [0.4, 0.5) is 30.4 Å². The highest BCUT2D eigenvalue weighted by Crippen LogP contribution is 2.33. The molecule has 46 heavy (non-hydrogen) atoms. The first-order valence-electron chi connectivity index (χ1n) is 15.3. The lowest BCUT2D eigenvalue weighted by Gasteiger charge is -2.34. The van der Waals surface area contributed by atoms with E-state index in [2.05, 4.69) is 47.3 Å². The van der Waals surface area contributed by atoms with Crippen molar-refractivity contribution in [2.45, 2.75) is 19.5 Å². The Bertz CT molecular complexity index is 1540. The van der Waals surface area contributed by atoms with Gasteiger partial charge in [0.25, 0.3) is 5.91 Å². The molecular weight excluding hydrogens is 597 g/mol. The first-order valence-corrected chi connectivity index (χ1v) is 15.3. The van der Waals surface area contributed by atoms with Gasteiger partial charge >= 0.3 is 6.18 Å². The van der Waals surface area contributed by atoms with Crippen LogP contribution >= 0.6 is 0 Å². The van der Waals surface area contributed by atoms with Crippen LogP contribution in [0.5, 0.6) is 0 Å². The van der Waals surface area contributed by atoms with E-state index in [0.29, 0.717) is 54.8 Å². The molecule has 2 fully saturated rings. The number of aromatic nitrogens is 2. The number of allylic oxidation sites excluding steroid dienone is 4. The van der Waals surface area contributed by atoms with Crippen LogP contribution in [0.1, 0.15) is 35.0 Å². The van der Waals surface area contributed by atoms with Gasteiger partial charge in [-0.15, -0.1) is 0 Å². The highest BCUT2D eigenvalue weighted by atomic mass is 19.4. The highest BCUT2D eigenvalue weighted by molar-refractivity contribution is 5.96. The summed E-state index contributed by atoms with van der Waals surface area (Å²) in [6, 6.07) is 3.55. The zero-order chi connectivity index (χ0) is 32.8. The van der Waals surface area contributed by atoms with Crippen LogP contribution in [0.2, 0.25) is 0 Å². The molecule has 11 nitrogen and oxygen atoms in total. The van der Waals surface area contributed by atoms with Gasteiger partial charge in [0.1, 0.15) is 17.7 Å². The van der Waals surface area contributed by atoms with Crippen LogP contribution in [0.25, 0.3) is 0 Å². The number of likely N-dealkylation sites (N-methyl/N-ethyl adjacent to an activating group) is 2. The molecule has 4 N–H and O–H groups in total.